The van der Waals surface area contributed by atoms with E-state index < -0.39 is 0 Å². The number of fused-ring (bicyclic) bond motifs is 1. The molecule has 3 aromatic rings. The van der Waals surface area contributed by atoms with Gasteiger partial charge in [-0.25, -0.2) is 0 Å². The van der Waals surface area contributed by atoms with Crippen LogP contribution in [0.25, 0.3) is 0 Å². The van der Waals surface area contributed by atoms with Gasteiger partial charge in [-0.3, -0.25) is 14.7 Å². The maximum absolute atomic E-state index is 11.4. The normalized spacial score (nSPS) is 21.6. The van der Waals surface area contributed by atoms with Crippen molar-refractivity contribution in [3.8, 4) is 23.1 Å². The fraction of sp³-hybridized carbons (Fsp3) is 0.483. The second-order valence-corrected chi connectivity index (χ2v) is 11.8. The van der Waals surface area contributed by atoms with E-state index in [1.807, 2.05) is 45.0 Å². The molecular formula is C29H36N2O5S. The molecule has 7 nitrogen and oxygen atoms in total. The molecule has 2 atom stereocenters. The number of aromatic nitrogens is 1. The van der Waals surface area contributed by atoms with Crippen molar-refractivity contribution in [1.29, 1.82) is 0 Å². The number of thiazole rings is 1. The summed E-state index contributed by atoms with van der Waals surface area (Å²) < 4.78 is 12.9. The van der Waals surface area contributed by atoms with Crippen LogP contribution in [0.3, 0.4) is 0 Å². The third-order valence-corrected chi connectivity index (χ3v) is 8.93. The number of rotatable bonds is 7. The number of hydrogen-bond acceptors (Lipinski definition) is 7. The van der Waals surface area contributed by atoms with Crippen LogP contribution in [0.2, 0.25) is 0 Å². The first-order valence-electron chi connectivity index (χ1n) is 13.0. The highest BCUT2D eigenvalue weighted by molar-refractivity contribution is 7.09. The molecule has 0 bridgehead atoms. The topological polar surface area (TPSA) is 95.0 Å². The largest absolute Gasteiger partial charge is 0.507 e. The molecule has 37 heavy (non-hydrogen) atoms. The van der Waals surface area contributed by atoms with Crippen LogP contribution in [-0.2, 0) is 12.8 Å². The van der Waals surface area contributed by atoms with Crippen LogP contribution in [0.1, 0.15) is 58.9 Å². The highest BCUT2D eigenvalue weighted by Crippen LogP contribution is 2.43. The molecule has 2 aliphatic heterocycles. The van der Waals surface area contributed by atoms with Gasteiger partial charge in [-0.05, 0) is 94.3 Å². The molecule has 1 saturated heterocycles. The second kappa shape index (κ2) is 10.1. The molecule has 1 fully saturated rings. The average molecular weight is 525 g/mol. The van der Waals surface area contributed by atoms with E-state index in [1.165, 1.54) is 0 Å². The maximum Gasteiger partial charge on any atom is 0.307 e. The van der Waals surface area contributed by atoms with Crippen molar-refractivity contribution in [3.63, 3.8) is 0 Å². The van der Waals surface area contributed by atoms with Crippen LogP contribution in [0, 0.1) is 20.8 Å². The summed E-state index contributed by atoms with van der Waals surface area (Å²) in [7, 11) is 0. The van der Waals surface area contributed by atoms with E-state index in [4.69, 9.17) is 9.47 Å². The van der Waals surface area contributed by atoms with Gasteiger partial charge >= 0.3 is 4.87 Å². The van der Waals surface area contributed by atoms with Crippen LogP contribution in [0.15, 0.2) is 29.1 Å². The van der Waals surface area contributed by atoms with Crippen LogP contribution < -0.4 is 14.3 Å². The predicted octanol–water partition coefficient (Wildman–Crippen LogP) is 4.99. The lowest BCUT2D eigenvalue weighted by Crippen LogP contribution is -2.50. The summed E-state index contributed by atoms with van der Waals surface area (Å²) in [4.78, 5) is 16.7. The Morgan fingerprint density at radius 3 is 2.62 bits per heavy atom. The molecular weight excluding hydrogens is 488 g/mol. The van der Waals surface area contributed by atoms with Gasteiger partial charge in [-0.2, -0.15) is 0 Å². The third-order valence-electron chi connectivity index (χ3n) is 8.06. The Morgan fingerprint density at radius 2 is 1.92 bits per heavy atom. The van der Waals surface area contributed by atoms with Crippen molar-refractivity contribution in [3.05, 3.63) is 66.6 Å². The number of ether oxygens (including phenoxy) is 2. The predicted molar refractivity (Wildman–Crippen MR) is 146 cm³/mol. The van der Waals surface area contributed by atoms with E-state index in [9.17, 15) is 15.0 Å². The van der Waals surface area contributed by atoms with Gasteiger partial charge in [0.25, 0.3) is 0 Å². The van der Waals surface area contributed by atoms with Crippen molar-refractivity contribution in [1.82, 2.24) is 9.88 Å². The Labute approximate surface area is 221 Å². The number of nitrogens with zero attached hydrogens (tertiary/aromatic N) is 1. The summed E-state index contributed by atoms with van der Waals surface area (Å²) in [5.74, 6) is 2.12. The molecule has 0 spiro atoms. The highest BCUT2D eigenvalue weighted by atomic mass is 32.1. The molecule has 0 radical (unpaired) electrons. The first-order valence-corrected chi connectivity index (χ1v) is 13.8. The second-order valence-electron chi connectivity index (χ2n) is 10.8. The quantitative estimate of drug-likeness (QED) is 0.403. The van der Waals surface area contributed by atoms with E-state index >= 15 is 0 Å². The van der Waals surface area contributed by atoms with Crippen LogP contribution in [0.4, 0.5) is 0 Å². The number of phenolic OH excluding ortho intramolecular Hbond substituents is 1. The summed E-state index contributed by atoms with van der Waals surface area (Å²) in [6, 6.07) is 8.19. The zero-order valence-corrected chi connectivity index (χ0v) is 22.8. The molecule has 1 unspecified atom stereocenters. The molecule has 8 heteroatoms. The Morgan fingerprint density at radius 1 is 1.16 bits per heavy atom. The summed E-state index contributed by atoms with van der Waals surface area (Å²) >= 11 is 1.03. The minimum Gasteiger partial charge on any atom is -0.507 e. The smallest absolute Gasteiger partial charge is 0.307 e. The van der Waals surface area contributed by atoms with E-state index in [0.717, 1.165) is 89.4 Å². The van der Waals surface area contributed by atoms with Crippen LogP contribution in [0.5, 0.6) is 23.1 Å². The fourth-order valence-corrected chi connectivity index (χ4v) is 6.44. The van der Waals surface area contributed by atoms with E-state index in [2.05, 4.69) is 16.8 Å². The number of hydrogen-bond donors (Lipinski definition) is 3. The molecule has 3 N–H and O–H groups in total. The van der Waals surface area contributed by atoms with E-state index in [1.54, 1.807) is 0 Å². The minimum atomic E-state index is -0.285. The molecule has 3 heterocycles. The number of phenols is 1. The lowest BCUT2D eigenvalue weighted by Gasteiger charge is -2.41. The van der Waals surface area contributed by atoms with Crippen LogP contribution >= 0.6 is 11.3 Å². The van der Waals surface area contributed by atoms with Gasteiger partial charge in [0, 0.05) is 24.6 Å². The van der Waals surface area contributed by atoms with Crippen molar-refractivity contribution in [2.24, 2.45) is 0 Å². The first-order chi connectivity index (χ1) is 17.6. The van der Waals surface area contributed by atoms with Gasteiger partial charge in [0.1, 0.15) is 29.5 Å². The van der Waals surface area contributed by atoms with Crippen molar-refractivity contribution >= 4 is 11.3 Å². The van der Waals surface area contributed by atoms with Gasteiger partial charge in [0.05, 0.1) is 4.88 Å². The van der Waals surface area contributed by atoms with Gasteiger partial charge in [-0.1, -0.05) is 23.5 Å². The van der Waals surface area contributed by atoms with Gasteiger partial charge < -0.3 is 19.7 Å². The Hall–Kier alpha value is -2.97. The van der Waals surface area contributed by atoms with Gasteiger partial charge in [0.2, 0.25) is 5.88 Å². The number of aromatic amines is 1. The molecule has 198 valence electrons. The number of benzene rings is 2. The van der Waals surface area contributed by atoms with Crippen LogP contribution in [-0.4, -0.2) is 51.4 Å². The molecule has 0 amide bonds. The van der Waals surface area contributed by atoms with E-state index in [0.29, 0.717) is 29.7 Å². The maximum atomic E-state index is 11.4. The van der Waals surface area contributed by atoms with Crippen molar-refractivity contribution in [2.45, 2.75) is 71.4 Å². The standard InChI is InChI=1S/C29H36N2O5S/c1-17-18(2)26-23(19(3)25(17)32)11-12-29(4,36-26)16-31-13-5-6-21(31)15-35-22-9-7-20(8-10-22)14-24-27(33)30-28(34)37-24/h7-10,21,32-33H,5-6,11-16H2,1-4H3,(H,30,34)/t21-,29?/m0/s1. The zero-order valence-electron chi connectivity index (χ0n) is 22.0. The lowest BCUT2D eigenvalue weighted by molar-refractivity contribution is 0.0147. The molecule has 0 saturated carbocycles. The summed E-state index contributed by atoms with van der Waals surface area (Å²) in [5, 5.41) is 20.3. The van der Waals surface area contributed by atoms with Crippen molar-refractivity contribution < 1.29 is 19.7 Å². The lowest BCUT2D eigenvalue weighted by atomic mass is 9.87. The molecule has 2 aliphatic rings. The van der Waals surface area contributed by atoms with Crippen molar-refractivity contribution in [2.75, 3.05) is 19.7 Å². The molecule has 0 aliphatic carbocycles. The number of likely N-dealkylation sites (tertiary alicyclic amines) is 1. The summed E-state index contributed by atoms with van der Waals surface area (Å²) in [5.41, 5.74) is 4.75. The fourth-order valence-electron chi connectivity index (χ4n) is 5.68. The third kappa shape index (κ3) is 5.22. The van der Waals surface area contributed by atoms with Gasteiger partial charge in [0.15, 0.2) is 0 Å². The number of H-pyrrole nitrogens is 1. The Kier molecular flexibility index (Phi) is 6.98. The highest BCUT2D eigenvalue weighted by Gasteiger charge is 2.38. The monoisotopic (exact) mass is 524 g/mol. The van der Waals surface area contributed by atoms with Gasteiger partial charge in [-0.15, -0.1) is 0 Å². The Bertz CT molecular complexity index is 1350. The molecule has 5 rings (SSSR count). The van der Waals surface area contributed by atoms with E-state index in [-0.39, 0.29) is 16.4 Å². The number of aromatic hydroxyl groups is 2. The number of nitrogens with one attached hydrogen (secondary N) is 1. The summed E-state index contributed by atoms with van der Waals surface area (Å²) in [6.07, 6.45) is 4.58. The SMILES string of the molecule is Cc1c(C)c2c(c(C)c1O)CCC(C)(CN1CCC[C@H]1COc1ccc(Cc3sc(=O)[nH]c3O)cc1)O2. The average Bonchev–Trinajstić information content (AvgIpc) is 3.44. The summed E-state index contributed by atoms with van der Waals surface area (Å²) in [6.45, 7) is 10.7. The molecule has 2 aromatic carbocycles. The minimum absolute atomic E-state index is 0.0469. The zero-order chi connectivity index (χ0) is 26.3. The Balaban J connectivity index is 1.20. The first kappa shape index (κ1) is 25.7. The molecule has 1 aromatic heterocycles.